The summed E-state index contributed by atoms with van der Waals surface area (Å²) in [7, 11) is 5.65. The number of methoxy groups -OCH3 is 1. The first kappa shape index (κ1) is 20.6. The number of ether oxygens (including phenoxy) is 1. The predicted molar refractivity (Wildman–Crippen MR) is 117 cm³/mol. The average Bonchev–Trinajstić information content (AvgIpc) is 3.11. The van der Waals surface area contributed by atoms with Crippen molar-refractivity contribution in [2.24, 2.45) is 0 Å². The maximum Gasteiger partial charge on any atom is 0.260 e. The molecule has 3 rings (SSSR count). The van der Waals surface area contributed by atoms with E-state index < -0.39 is 0 Å². The molecule has 0 saturated carbocycles. The molecule has 1 heterocycles. The lowest BCUT2D eigenvalue weighted by molar-refractivity contribution is 0.0986. The number of halogens is 1. The van der Waals surface area contributed by atoms with Crippen molar-refractivity contribution in [1.82, 2.24) is 9.88 Å². The van der Waals surface area contributed by atoms with E-state index in [1.165, 1.54) is 11.3 Å². The Labute approximate surface area is 174 Å². The second-order valence-corrected chi connectivity index (χ2v) is 8.29. The normalized spacial score (nSPS) is 11.2. The van der Waals surface area contributed by atoms with Crippen LogP contribution in [0.1, 0.15) is 22.3 Å². The standard InChI is InChI=1S/C21H24ClN3O2S/c1-14-6-8-15(9-7-14)20(26)25(13-5-12-24(2)3)21-23-18-17(27-4)11-10-16(22)19(18)28-21/h6-11H,5,12-13H2,1-4H3. The molecule has 28 heavy (non-hydrogen) atoms. The minimum absolute atomic E-state index is 0.0621. The minimum Gasteiger partial charge on any atom is -0.494 e. The van der Waals surface area contributed by atoms with Crippen LogP contribution in [0.5, 0.6) is 5.75 Å². The zero-order chi connectivity index (χ0) is 20.3. The molecule has 0 N–H and O–H groups in total. The number of thiazole rings is 1. The number of hydrogen-bond acceptors (Lipinski definition) is 5. The molecule has 148 valence electrons. The minimum atomic E-state index is -0.0621. The number of benzene rings is 2. The number of hydrogen-bond donors (Lipinski definition) is 0. The van der Waals surface area contributed by atoms with E-state index in [1.807, 2.05) is 45.3 Å². The van der Waals surface area contributed by atoms with Gasteiger partial charge in [-0.2, -0.15) is 0 Å². The second kappa shape index (κ2) is 8.90. The number of aryl methyl sites for hydroxylation is 1. The summed E-state index contributed by atoms with van der Waals surface area (Å²) in [6.45, 7) is 3.46. The zero-order valence-corrected chi connectivity index (χ0v) is 18.1. The molecule has 0 bridgehead atoms. The fourth-order valence-electron chi connectivity index (χ4n) is 2.90. The summed E-state index contributed by atoms with van der Waals surface area (Å²) < 4.78 is 6.25. The highest BCUT2D eigenvalue weighted by Crippen LogP contribution is 2.39. The molecule has 0 unspecified atom stereocenters. The van der Waals surface area contributed by atoms with Crippen LogP contribution in [-0.4, -0.2) is 50.1 Å². The van der Waals surface area contributed by atoms with Gasteiger partial charge in [-0.1, -0.05) is 40.6 Å². The van der Waals surface area contributed by atoms with Gasteiger partial charge in [-0.05, 0) is 58.3 Å². The summed E-state index contributed by atoms with van der Waals surface area (Å²) in [4.78, 5) is 21.8. The highest BCUT2D eigenvalue weighted by atomic mass is 35.5. The first-order valence-electron chi connectivity index (χ1n) is 9.07. The van der Waals surface area contributed by atoms with E-state index in [2.05, 4.69) is 4.90 Å². The lowest BCUT2D eigenvalue weighted by Crippen LogP contribution is -2.33. The molecular formula is C21H24ClN3O2S. The van der Waals surface area contributed by atoms with Crippen molar-refractivity contribution in [2.45, 2.75) is 13.3 Å². The van der Waals surface area contributed by atoms with Gasteiger partial charge in [0.1, 0.15) is 11.3 Å². The van der Waals surface area contributed by atoms with Gasteiger partial charge in [0.25, 0.3) is 5.91 Å². The summed E-state index contributed by atoms with van der Waals surface area (Å²) in [5, 5.41) is 1.24. The fraction of sp³-hybridized carbons (Fsp3) is 0.333. The quantitative estimate of drug-likeness (QED) is 0.550. The molecule has 0 saturated heterocycles. The summed E-state index contributed by atoms with van der Waals surface area (Å²) in [6.07, 6.45) is 0.839. The molecule has 0 fully saturated rings. The SMILES string of the molecule is COc1ccc(Cl)c2sc(N(CCCN(C)C)C(=O)c3ccc(C)cc3)nc12. The molecule has 1 amide bonds. The first-order chi connectivity index (χ1) is 13.4. The van der Waals surface area contributed by atoms with Crippen LogP contribution >= 0.6 is 22.9 Å². The van der Waals surface area contributed by atoms with Gasteiger partial charge in [-0.25, -0.2) is 4.98 Å². The number of nitrogens with zero attached hydrogens (tertiary/aromatic N) is 3. The van der Waals surface area contributed by atoms with E-state index in [0.29, 0.717) is 33.5 Å². The number of carbonyl (C=O) groups excluding carboxylic acids is 1. The van der Waals surface area contributed by atoms with Gasteiger partial charge < -0.3 is 9.64 Å². The Morgan fingerprint density at radius 2 is 1.86 bits per heavy atom. The van der Waals surface area contributed by atoms with E-state index in [1.54, 1.807) is 24.1 Å². The summed E-state index contributed by atoms with van der Waals surface area (Å²) in [5.74, 6) is 0.589. The smallest absolute Gasteiger partial charge is 0.260 e. The van der Waals surface area contributed by atoms with Gasteiger partial charge in [-0.3, -0.25) is 9.69 Å². The lowest BCUT2D eigenvalue weighted by Gasteiger charge is -2.21. The van der Waals surface area contributed by atoms with Gasteiger partial charge in [-0.15, -0.1) is 0 Å². The highest BCUT2D eigenvalue weighted by Gasteiger charge is 2.23. The number of anilines is 1. The zero-order valence-electron chi connectivity index (χ0n) is 16.5. The van der Waals surface area contributed by atoms with Crippen LogP contribution in [0.4, 0.5) is 5.13 Å². The number of aromatic nitrogens is 1. The lowest BCUT2D eigenvalue weighted by atomic mass is 10.1. The molecule has 0 radical (unpaired) electrons. The number of carbonyl (C=O) groups is 1. The fourth-order valence-corrected chi connectivity index (χ4v) is 4.18. The first-order valence-corrected chi connectivity index (χ1v) is 10.3. The summed E-state index contributed by atoms with van der Waals surface area (Å²) >= 11 is 7.78. The third-order valence-corrected chi connectivity index (χ3v) is 5.97. The van der Waals surface area contributed by atoms with E-state index in [9.17, 15) is 4.79 Å². The van der Waals surface area contributed by atoms with Crippen LogP contribution in [0.25, 0.3) is 10.2 Å². The number of amides is 1. The van der Waals surface area contributed by atoms with Crippen LogP contribution in [-0.2, 0) is 0 Å². The molecule has 1 aromatic heterocycles. The van der Waals surface area contributed by atoms with Crippen molar-refractivity contribution in [2.75, 3.05) is 39.2 Å². The van der Waals surface area contributed by atoms with Crippen molar-refractivity contribution >= 4 is 44.2 Å². The van der Waals surface area contributed by atoms with E-state index in [-0.39, 0.29) is 5.91 Å². The Kier molecular flexibility index (Phi) is 6.54. The summed E-state index contributed by atoms with van der Waals surface area (Å²) in [6, 6.07) is 11.2. The third kappa shape index (κ3) is 4.46. The van der Waals surface area contributed by atoms with Crippen molar-refractivity contribution in [1.29, 1.82) is 0 Å². The number of fused-ring (bicyclic) bond motifs is 1. The van der Waals surface area contributed by atoms with Crippen LogP contribution in [0.3, 0.4) is 0 Å². The van der Waals surface area contributed by atoms with Crippen molar-refractivity contribution in [3.8, 4) is 5.75 Å². The Morgan fingerprint density at radius 3 is 2.50 bits per heavy atom. The molecule has 3 aromatic rings. The monoisotopic (exact) mass is 417 g/mol. The topological polar surface area (TPSA) is 45.7 Å². The molecule has 2 aromatic carbocycles. The Balaban J connectivity index is 2.00. The Morgan fingerprint density at radius 1 is 1.14 bits per heavy atom. The largest absolute Gasteiger partial charge is 0.494 e. The van der Waals surface area contributed by atoms with Gasteiger partial charge in [0.2, 0.25) is 0 Å². The van der Waals surface area contributed by atoms with Gasteiger partial charge in [0, 0.05) is 12.1 Å². The number of rotatable bonds is 7. The van der Waals surface area contributed by atoms with E-state index in [0.717, 1.165) is 23.2 Å². The van der Waals surface area contributed by atoms with Gasteiger partial charge in [0.15, 0.2) is 5.13 Å². The van der Waals surface area contributed by atoms with E-state index in [4.69, 9.17) is 21.3 Å². The van der Waals surface area contributed by atoms with Crippen LogP contribution < -0.4 is 9.64 Å². The third-order valence-electron chi connectivity index (χ3n) is 4.43. The molecule has 7 heteroatoms. The molecule has 0 spiro atoms. The average molecular weight is 418 g/mol. The maximum absolute atomic E-state index is 13.3. The Hall–Kier alpha value is -2.15. The summed E-state index contributed by atoms with van der Waals surface area (Å²) in [5.41, 5.74) is 2.45. The van der Waals surface area contributed by atoms with Crippen molar-refractivity contribution < 1.29 is 9.53 Å². The highest BCUT2D eigenvalue weighted by molar-refractivity contribution is 7.23. The van der Waals surface area contributed by atoms with Crippen LogP contribution in [0.2, 0.25) is 5.02 Å². The second-order valence-electron chi connectivity index (χ2n) is 6.90. The van der Waals surface area contributed by atoms with Crippen LogP contribution in [0.15, 0.2) is 36.4 Å². The maximum atomic E-state index is 13.3. The predicted octanol–water partition coefficient (Wildman–Crippen LogP) is 4.87. The van der Waals surface area contributed by atoms with Gasteiger partial charge >= 0.3 is 0 Å². The van der Waals surface area contributed by atoms with Crippen LogP contribution in [0, 0.1) is 6.92 Å². The van der Waals surface area contributed by atoms with Gasteiger partial charge in [0.05, 0.1) is 16.8 Å². The molecule has 0 atom stereocenters. The van der Waals surface area contributed by atoms with Crippen molar-refractivity contribution in [3.05, 3.63) is 52.5 Å². The molecule has 0 aliphatic heterocycles. The van der Waals surface area contributed by atoms with Crippen molar-refractivity contribution in [3.63, 3.8) is 0 Å². The molecule has 0 aliphatic rings. The molecule has 5 nitrogen and oxygen atoms in total. The molecular weight excluding hydrogens is 394 g/mol. The van der Waals surface area contributed by atoms with E-state index >= 15 is 0 Å². The Bertz CT molecular complexity index is 970. The molecule has 0 aliphatic carbocycles.